The van der Waals surface area contributed by atoms with Crippen LogP contribution in [-0.2, 0) is 9.59 Å². The Morgan fingerprint density at radius 3 is 2.39 bits per heavy atom. The number of carbonyl (C=O) groups is 2. The maximum absolute atomic E-state index is 14.0. The van der Waals surface area contributed by atoms with E-state index in [0.717, 1.165) is 17.2 Å². The number of nitrogens with zero attached hydrogens (tertiary/aromatic N) is 2. The minimum absolute atomic E-state index is 0. The summed E-state index contributed by atoms with van der Waals surface area (Å²) in [6.07, 6.45) is 0. The summed E-state index contributed by atoms with van der Waals surface area (Å²) in [4.78, 5) is 31.3. The van der Waals surface area contributed by atoms with Gasteiger partial charge in [-0.2, -0.15) is 0 Å². The maximum Gasteiger partial charge on any atom is 0.251 e. The molecule has 2 atom stereocenters. The second kappa shape index (κ2) is 13.1. The van der Waals surface area contributed by atoms with Gasteiger partial charge in [-0.1, -0.05) is 38.1 Å². The number of nitrogens with one attached hydrogen (secondary N) is 1. The normalized spacial score (nSPS) is 16.2. The van der Waals surface area contributed by atoms with Gasteiger partial charge in [0, 0.05) is 36.2 Å². The number of benzene rings is 2. The lowest BCUT2D eigenvalue weighted by atomic mass is 10.0. The van der Waals surface area contributed by atoms with Crippen molar-refractivity contribution in [3.8, 4) is 11.5 Å². The van der Waals surface area contributed by atoms with E-state index in [1.807, 2.05) is 52.7 Å². The molecule has 1 fully saturated rings. The van der Waals surface area contributed by atoms with Crippen molar-refractivity contribution in [2.75, 3.05) is 30.4 Å². The Morgan fingerprint density at radius 2 is 1.78 bits per heavy atom. The number of thiophene rings is 1. The van der Waals surface area contributed by atoms with Crippen LogP contribution in [-0.4, -0.2) is 48.3 Å². The third-order valence-electron chi connectivity index (χ3n) is 6.10. The topological polar surface area (TPSA) is 61.9 Å². The summed E-state index contributed by atoms with van der Waals surface area (Å²) < 4.78 is 5.90. The molecule has 2 amide bonds. The molecular formula is C27H31Cl2N3O3S. The van der Waals surface area contributed by atoms with Crippen molar-refractivity contribution < 1.29 is 14.3 Å². The van der Waals surface area contributed by atoms with Gasteiger partial charge in [-0.05, 0) is 53.8 Å². The number of para-hydroxylation sites is 1. The first-order chi connectivity index (χ1) is 17.0. The van der Waals surface area contributed by atoms with Gasteiger partial charge in [-0.15, -0.1) is 35.3 Å². The number of halogens is 2. The van der Waals surface area contributed by atoms with Crippen LogP contribution in [0.4, 0.5) is 5.69 Å². The van der Waals surface area contributed by atoms with Crippen molar-refractivity contribution in [2.45, 2.75) is 25.9 Å². The molecule has 192 valence electrons. The zero-order valence-electron chi connectivity index (χ0n) is 20.3. The molecule has 3 aromatic rings. The lowest BCUT2D eigenvalue weighted by Gasteiger charge is -2.39. The van der Waals surface area contributed by atoms with Crippen LogP contribution in [0.1, 0.15) is 24.8 Å². The zero-order valence-corrected chi connectivity index (χ0v) is 22.7. The molecule has 1 unspecified atom stereocenters. The number of ether oxygens (including phenoxy) is 1. The average molecular weight is 549 g/mol. The van der Waals surface area contributed by atoms with Crippen LogP contribution in [0.2, 0.25) is 0 Å². The summed E-state index contributed by atoms with van der Waals surface area (Å²) in [6, 6.07) is 19.9. The highest BCUT2D eigenvalue weighted by atomic mass is 35.5. The number of alkyl halides is 1. The number of carbonyl (C=O) groups excluding carboxylic acids is 2. The molecule has 4 rings (SSSR count). The Morgan fingerprint density at radius 1 is 1.08 bits per heavy atom. The van der Waals surface area contributed by atoms with Gasteiger partial charge in [0.25, 0.3) is 5.91 Å². The largest absolute Gasteiger partial charge is 0.457 e. The Kier molecular flexibility index (Phi) is 10.2. The van der Waals surface area contributed by atoms with Gasteiger partial charge in [0.05, 0.1) is 0 Å². The van der Waals surface area contributed by atoms with E-state index in [4.69, 9.17) is 16.3 Å². The molecule has 0 bridgehead atoms. The first kappa shape index (κ1) is 28.0. The molecule has 1 aromatic heterocycles. The van der Waals surface area contributed by atoms with Crippen molar-refractivity contribution in [3.63, 3.8) is 0 Å². The third kappa shape index (κ3) is 6.59. The molecule has 0 radical (unpaired) electrons. The Balaban J connectivity index is 0.00000361. The van der Waals surface area contributed by atoms with Gasteiger partial charge in [0.2, 0.25) is 5.91 Å². The highest BCUT2D eigenvalue weighted by Crippen LogP contribution is 2.34. The van der Waals surface area contributed by atoms with Crippen LogP contribution in [0.25, 0.3) is 0 Å². The molecule has 1 aliphatic heterocycles. The number of hydrogen-bond donors (Lipinski definition) is 1. The Labute approximate surface area is 227 Å². The number of piperazine rings is 1. The maximum atomic E-state index is 14.0. The molecule has 0 saturated carbocycles. The lowest BCUT2D eigenvalue weighted by molar-refractivity contribution is -0.135. The SMILES string of the molecule is CC(C)[C@H]1CN(C(=O)C(c2cccs2)N(C(=O)CCl)c2ccc(Oc3ccccc3)cc2)CCN1.Cl. The fourth-order valence-electron chi connectivity index (χ4n) is 4.20. The summed E-state index contributed by atoms with van der Waals surface area (Å²) in [7, 11) is 0. The quantitative estimate of drug-likeness (QED) is 0.365. The van der Waals surface area contributed by atoms with Gasteiger partial charge in [-0.25, -0.2) is 0 Å². The Bertz CT molecular complexity index is 1110. The minimum Gasteiger partial charge on any atom is -0.457 e. The fraction of sp³-hybridized carbons (Fsp3) is 0.333. The van der Waals surface area contributed by atoms with E-state index >= 15 is 0 Å². The lowest BCUT2D eigenvalue weighted by Crippen LogP contribution is -2.57. The average Bonchev–Trinajstić information content (AvgIpc) is 3.42. The summed E-state index contributed by atoms with van der Waals surface area (Å²) in [5, 5.41) is 5.41. The molecule has 1 saturated heterocycles. The van der Waals surface area contributed by atoms with Crippen LogP contribution < -0.4 is 15.0 Å². The van der Waals surface area contributed by atoms with Crippen LogP contribution in [0.3, 0.4) is 0 Å². The van der Waals surface area contributed by atoms with E-state index in [2.05, 4.69) is 19.2 Å². The zero-order chi connectivity index (χ0) is 24.8. The Hall–Kier alpha value is -2.58. The molecule has 6 nitrogen and oxygen atoms in total. The molecule has 1 N–H and O–H groups in total. The second-order valence-electron chi connectivity index (χ2n) is 8.81. The van der Waals surface area contributed by atoms with E-state index in [1.165, 1.54) is 16.2 Å². The molecule has 9 heteroatoms. The molecular weight excluding hydrogens is 517 g/mol. The van der Waals surface area contributed by atoms with E-state index in [9.17, 15) is 9.59 Å². The number of hydrogen-bond acceptors (Lipinski definition) is 5. The predicted molar refractivity (Wildman–Crippen MR) is 149 cm³/mol. The van der Waals surface area contributed by atoms with E-state index < -0.39 is 6.04 Å². The van der Waals surface area contributed by atoms with Gasteiger partial charge in [-0.3, -0.25) is 14.5 Å². The molecule has 2 heterocycles. The minimum atomic E-state index is -0.784. The van der Waals surface area contributed by atoms with Crippen molar-refractivity contribution in [2.24, 2.45) is 5.92 Å². The summed E-state index contributed by atoms with van der Waals surface area (Å²) in [5.41, 5.74) is 0.596. The first-order valence-electron chi connectivity index (χ1n) is 11.7. The number of amides is 2. The smallest absolute Gasteiger partial charge is 0.251 e. The summed E-state index contributed by atoms with van der Waals surface area (Å²) in [5.74, 6) is 1.10. The number of rotatable bonds is 8. The van der Waals surface area contributed by atoms with E-state index in [-0.39, 0.29) is 36.1 Å². The number of anilines is 1. The van der Waals surface area contributed by atoms with Crippen LogP contribution >= 0.6 is 35.3 Å². The van der Waals surface area contributed by atoms with Crippen LogP contribution in [0.5, 0.6) is 11.5 Å². The summed E-state index contributed by atoms with van der Waals surface area (Å²) in [6.45, 7) is 6.21. The van der Waals surface area contributed by atoms with Crippen molar-refractivity contribution >= 4 is 52.8 Å². The molecule has 36 heavy (non-hydrogen) atoms. The highest BCUT2D eigenvalue weighted by Gasteiger charge is 2.37. The monoisotopic (exact) mass is 547 g/mol. The predicted octanol–water partition coefficient (Wildman–Crippen LogP) is 5.73. The van der Waals surface area contributed by atoms with Crippen LogP contribution in [0, 0.1) is 5.92 Å². The van der Waals surface area contributed by atoms with E-state index in [1.54, 1.807) is 24.3 Å². The fourth-order valence-corrected chi connectivity index (χ4v) is 5.14. The first-order valence-corrected chi connectivity index (χ1v) is 13.2. The standard InChI is InChI=1S/C27H30ClN3O3S.ClH/c1-19(2)23-18-30(15-14-29-23)27(33)26(24-9-6-16-35-24)31(25(32)17-28)20-10-12-22(13-11-20)34-21-7-4-3-5-8-21;/h3-13,16,19,23,26,29H,14-15,17-18H2,1-2H3;1H/t23-,26?;/m1./s1. The van der Waals surface area contributed by atoms with Crippen molar-refractivity contribution in [3.05, 3.63) is 77.0 Å². The van der Waals surface area contributed by atoms with Gasteiger partial charge >= 0.3 is 0 Å². The molecule has 0 spiro atoms. The van der Waals surface area contributed by atoms with E-state index in [0.29, 0.717) is 30.4 Å². The van der Waals surface area contributed by atoms with Crippen molar-refractivity contribution in [1.29, 1.82) is 0 Å². The second-order valence-corrected chi connectivity index (χ2v) is 10.1. The summed E-state index contributed by atoms with van der Waals surface area (Å²) >= 11 is 7.51. The van der Waals surface area contributed by atoms with Gasteiger partial charge in [0.1, 0.15) is 23.4 Å². The molecule has 1 aliphatic rings. The van der Waals surface area contributed by atoms with Gasteiger partial charge < -0.3 is 15.0 Å². The van der Waals surface area contributed by atoms with Crippen LogP contribution in [0.15, 0.2) is 72.1 Å². The van der Waals surface area contributed by atoms with Crippen molar-refractivity contribution in [1.82, 2.24) is 10.2 Å². The molecule has 2 aromatic carbocycles. The van der Waals surface area contributed by atoms with Gasteiger partial charge in [0.15, 0.2) is 0 Å². The molecule has 0 aliphatic carbocycles. The third-order valence-corrected chi connectivity index (χ3v) is 7.26. The highest BCUT2D eigenvalue weighted by molar-refractivity contribution is 7.10.